The smallest absolute Gasteiger partial charge is 0.168 e. The summed E-state index contributed by atoms with van der Waals surface area (Å²) < 4.78 is 1.89. The van der Waals surface area contributed by atoms with Crippen molar-refractivity contribution in [2.75, 3.05) is 5.32 Å². The van der Waals surface area contributed by atoms with Crippen molar-refractivity contribution < 1.29 is 5.11 Å². The lowest BCUT2D eigenvalue weighted by Crippen LogP contribution is -2.24. The molecule has 0 spiro atoms. The molecular formula is C21H22N6O. The van der Waals surface area contributed by atoms with Crippen LogP contribution in [0.2, 0.25) is 0 Å². The Balaban J connectivity index is 1.41. The quantitative estimate of drug-likeness (QED) is 0.480. The minimum absolute atomic E-state index is 0.199. The number of hydrogen-bond donors (Lipinski definition) is 3. The summed E-state index contributed by atoms with van der Waals surface area (Å²) in [7, 11) is 0. The average molecular weight is 374 g/mol. The number of aromatic nitrogens is 5. The normalized spacial score (nSPS) is 16.2. The molecule has 28 heavy (non-hydrogen) atoms. The second-order valence-electron chi connectivity index (χ2n) is 7.40. The van der Waals surface area contributed by atoms with E-state index in [4.69, 9.17) is 4.98 Å². The number of imidazole rings is 1. The van der Waals surface area contributed by atoms with Crippen LogP contribution in [-0.4, -0.2) is 35.9 Å². The third-order valence-corrected chi connectivity index (χ3v) is 5.23. The van der Waals surface area contributed by atoms with Crippen molar-refractivity contribution in [2.45, 2.75) is 37.8 Å². The average Bonchev–Trinajstić information content (AvgIpc) is 3.31. The molecule has 1 aromatic carbocycles. The molecule has 0 radical (unpaired) electrons. The van der Waals surface area contributed by atoms with E-state index >= 15 is 0 Å². The number of H-pyrrole nitrogens is 1. The molecule has 7 nitrogen and oxygen atoms in total. The summed E-state index contributed by atoms with van der Waals surface area (Å²) in [6.45, 7) is 1.94. The zero-order chi connectivity index (χ0) is 19.1. The second kappa shape index (κ2) is 6.76. The zero-order valence-corrected chi connectivity index (χ0v) is 15.6. The minimum Gasteiger partial charge on any atom is -0.386 e. The van der Waals surface area contributed by atoms with Crippen LogP contribution in [0.25, 0.3) is 17.0 Å². The van der Waals surface area contributed by atoms with Gasteiger partial charge in [-0.15, -0.1) is 0 Å². The van der Waals surface area contributed by atoms with Crippen molar-refractivity contribution in [2.24, 2.45) is 0 Å². The Morgan fingerprint density at radius 2 is 2.00 bits per heavy atom. The van der Waals surface area contributed by atoms with Crippen LogP contribution in [0, 0.1) is 0 Å². The molecule has 5 rings (SSSR count). The number of hydrogen-bond acceptors (Lipinski definition) is 5. The van der Waals surface area contributed by atoms with E-state index in [9.17, 15) is 5.11 Å². The Morgan fingerprint density at radius 1 is 1.18 bits per heavy atom. The molecule has 0 aliphatic heterocycles. The summed E-state index contributed by atoms with van der Waals surface area (Å²) in [6, 6.07) is 15.3. The maximum Gasteiger partial charge on any atom is 0.168 e. The molecule has 1 aliphatic rings. The predicted molar refractivity (Wildman–Crippen MR) is 107 cm³/mol. The number of nitrogens with zero attached hydrogens (tertiary/aromatic N) is 4. The third-order valence-electron chi connectivity index (χ3n) is 5.23. The van der Waals surface area contributed by atoms with Crippen LogP contribution in [0.15, 0.2) is 54.9 Å². The minimum atomic E-state index is -0.629. The molecule has 0 saturated heterocycles. The number of nitrogens with one attached hydrogen (secondary N) is 2. The van der Waals surface area contributed by atoms with E-state index in [-0.39, 0.29) is 6.04 Å². The van der Waals surface area contributed by atoms with E-state index in [1.807, 2.05) is 54.0 Å². The second-order valence-corrected chi connectivity index (χ2v) is 7.40. The van der Waals surface area contributed by atoms with Crippen molar-refractivity contribution in [3.63, 3.8) is 0 Å². The standard InChI is InChI=1S/C21H22N6O/c1-13(20(28)15-5-3-2-4-6-15)23-18-10-9-16-21(24-18)27(12-22-16)19-11-17(25-26-19)14-7-8-14/h2-6,9-14,20,28H,7-8H2,1H3,(H,23,24)(H,25,26). The molecule has 2 atom stereocenters. The van der Waals surface area contributed by atoms with Gasteiger partial charge in [-0.2, -0.15) is 5.10 Å². The first-order valence-electron chi connectivity index (χ1n) is 9.58. The van der Waals surface area contributed by atoms with Crippen molar-refractivity contribution in [1.29, 1.82) is 0 Å². The molecule has 1 aliphatic carbocycles. The van der Waals surface area contributed by atoms with Gasteiger partial charge in [-0.05, 0) is 37.5 Å². The first-order chi connectivity index (χ1) is 13.7. The van der Waals surface area contributed by atoms with Crippen LogP contribution in [0.3, 0.4) is 0 Å². The fourth-order valence-electron chi connectivity index (χ4n) is 3.45. The van der Waals surface area contributed by atoms with E-state index in [0.29, 0.717) is 11.7 Å². The van der Waals surface area contributed by atoms with Gasteiger partial charge in [0.25, 0.3) is 0 Å². The fourth-order valence-corrected chi connectivity index (χ4v) is 3.45. The monoisotopic (exact) mass is 374 g/mol. The largest absolute Gasteiger partial charge is 0.386 e. The molecule has 0 amide bonds. The first-order valence-corrected chi connectivity index (χ1v) is 9.58. The van der Waals surface area contributed by atoms with Crippen molar-refractivity contribution in [3.05, 3.63) is 66.1 Å². The van der Waals surface area contributed by atoms with Crippen LogP contribution >= 0.6 is 0 Å². The lowest BCUT2D eigenvalue weighted by Gasteiger charge is -2.21. The summed E-state index contributed by atoms with van der Waals surface area (Å²) in [4.78, 5) is 9.16. The lowest BCUT2D eigenvalue weighted by molar-refractivity contribution is 0.160. The number of aromatic amines is 1. The number of rotatable bonds is 6. The Hall–Kier alpha value is -3.19. The molecule has 2 unspecified atom stereocenters. The van der Waals surface area contributed by atoms with Gasteiger partial charge in [0.15, 0.2) is 11.5 Å². The molecule has 7 heteroatoms. The molecule has 3 N–H and O–H groups in total. The van der Waals surface area contributed by atoms with Gasteiger partial charge in [-0.1, -0.05) is 30.3 Å². The highest BCUT2D eigenvalue weighted by Gasteiger charge is 2.26. The predicted octanol–water partition coefficient (Wildman–Crippen LogP) is 3.56. The summed E-state index contributed by atoms with van der Waals surface area (Å²) in [5.41, 5.74) is 3.58. The number of fused-ring (bicyclic) bond motifs is 1. The van der Waals surface area contributed by atoms with E-state index in [1.165, 1.54) is 18.5 Å². The Morgan fingerprint density at radius 3 is 2.79 bits per heavy atom. The highest BCUT2D eigenvalue weighted by atomic mass is 16.3. The Bertz CT molecular complexity index is 1100. The first kappa shape index (κ1) is 16.9. The van der Waals surface area contributed by atoms with Gasteiger partial charge in [-0.3, -0.25) is 9.67 Å². The number of aliphatic hydroxyl groups is 1. The van der Waals surface area contributed by atoms with Crippen LogP contribution in [0.5, 0.6) is 0 Å². The Kier molecular flexibility index (Phi) is 4.09. The molecule has 4 aromatic rings. The van der Waals surface area contributed by atoms with Crippen LogP contribution in [0.4, 0.5) is 5.82 Å². The molecule has 1 saturated carbocycles. The maximum atomic E-state index is 10.6. The molecule has 142 valence electrons. The highest BCUT2D eigenvalue weighted by molar-refractivity contribution is 5.74. The maximum absolute atomic E-state index is 10.6. The summed E-state index contributed by atoms with van der Waals surface area (Å²) >= 11 is 0. The van der Waals surface area contributed by atoms with Gasteiger partial charge >= 0.3 is 0 Å². The van der Waals surface area contributed by atoms with Crippen LogP contribution in [-0.2, 0) is 0 Å². The number of anilines is 1. The van der Waals surface area contributed by atoms with Gasteiger partial charge in [0.1, 0.15) is 17.7 Å². The highest BCUT2D eigenvalue weighted by Crippen LogP contribution is 2.39. The number of aliphatic hydroxyl groups excluding tert-OH is 1. The molecule has 0 bridgehead atoms. The molecular weight excluding hydrogens is 352 g/mol. The number of pyridine rings is 1. The van der Waals surface area contributed by atoms with Gasteiger partial charge in [0, 0.05) is 17.7 Å². The van der Waals surface area contributed by atoms with Gasteiger partial charge in [0.2, 0.25) is 0 Å². The van der Waals surface area contributed by atoms with Crippen LogP contribution in [0.1, 0.15) is 43.0 Å². The summed E-state index contributed by atoms with van der Waals surface area (Å²) in [6.07, 6.45) is 3.56. The van der Waals surface area contributed by atoms with Crippen molar-refractivity contribution in [1.82, 2.24) is 24.7 Å². The number of benzene rings is 1. The van der Waals surface area contributed by atoms with E-state index in [1.54, 1.807) is 6.33 Å². The van der Waals surface area contributed by atoms with E-state index in [0.717, 1.165) is 22.5 Å². The van der Waals surface area contributed by atoms with E-state index in [2.05, 4.69) is 26.6 Å². The summed E-state index contributed by atoms with van der Waals surface area (Å²) in [5, 5.41) is 21.5. The molecule has 1 fully saturated rings. The van der Waals surface area contributed by atoms with Gasteiger partial charge in [0.05, 0.1) is 12.1 Å². The van der Waals surface area contributed by atoms with Gasteiger partial charge in [-0.25, -0.2) is 9.97 Å². The lowest BCUT2D eigenvalue weighted by atomic mass is 10.0. The zero-order valence-electron chi connectivity index (χ0n) is 15.6. The summed E-state index contributed by atoms with van der Waals surface area (Å²) in [5.74, 6) is 2.10. The SMILES string of the molecule is CC(Nc1ccc2ncn(-c3cc(C4CC4)[nH]n3)c2n1)C(O)c1ccccc1. The molecule has 3 heterocycles. The van der Waals surface area contributed by atoms with E-state index < -0.39 is 6.10 Å². The Labute approximate surface area is 162 Å². The van der Waals surface area contributed by atoms with Crippen molar-refractivity contribution in [3.8, 4) is 5.82 Å². The van der Waals surface area contributed by atoms with Crippen LogP contribution < -0.4 is 5.32 Å². The topological polar surface area (TPSA) is 91.7 Å². The van der Waals surface area contributed by atoms with Crippen molar-refractivity contribution >= 4 is 17.0 Å². The third kappa shape index (κ3) is 3.14. The van der Waals surface area contributed by atoms with Gasteiger partial charge < -0.3 is 10.4 Å². The molecule has 3 aromatic heterocycles. The fraction of sp³-hybridized carbons (Fsp3) is 0.286.